The van der Waals surface area contributed by atoms with Crippen molar-refractivity contribution in [2.75, 3.05) is 6.61 Å². The molecular weight excluding hydrogens is 176 g/mol. The maximum atomic E-state index is 9.34. The van der Waals surface area contributed by atoms with Crippen LogP contribution in [-0.4, -0.2) is 46.2 Å². The zero-order valence-electron chi connectivity index (χ0n) is 7.80. The van der Waals surface area contributed by atoms with E-state index in [9.17, 15) is 5.11 Å². The van der Waals surface area contributed by atoms with Crippen LogP contribution in [0.2, 0.25) is 0 Å². The molecule has 0 radical (unpaired) electrons. The van der Waals surface area contributed by atoms with E-state index >= 15 is 0 Å². The van der Waals surface area contributed by atoms with E-state index in [0.717, 1.165) is 0 Å². The Hall–Kier alpha value is -0.200. The van der Waals surface area contributed by atoms with Crippen LogP contribution < -0.4 is 0 Å². The van der Waals surface area contributed by atoms with E-state index in [1.165, 1.54) is 13.8 Å². The summed E-state index contributed by atoms with van der Waals surface area (Å²) in [6.07, 6.45) is -1.65. The highest BCUT2D eigenvalue weighted by Gasteiger charge is 2.37. The van der Waals surface area contributed by atoms with Crippen molar-refractivity contribution >= 4 is 0 Å². The fourth-order valence-electron chi connectivity index (χ4n) is 1.35. The molecule has 1 aliphatic rings. The fourth-order valence-corrected chi connectivity index (χ4v) is 1.35. The van der Waals surface area contributed by atoms with E-state index in [4.69, 9.17) is 19.7 Å². The van der Waals surface area contributed by atoms with Crippen LogP contribution in [0.25, 0.3) is 0 Å². The summed E-state index contributed by atoms with van der Waals surface area (Å²) in [5.41, 5.74) is 0. The van der Waals surface area contributed by atoms with E-state index in [2.05, 4.69) is 0 Å². The van der Waals surface area contributed by atoms with Crippen molar-refractivity contribution in [2.24, 2.45) is 0 Å². The second-order valence-corrected chi connectivity index (χ2v) is 3.65. The van der Waals surface area contributed by atoms with Gasteiger partial charge in [0.2, 0.25) is 0 Å². The number of hydrogen-bond donors (Lipinski definition) is 3. The molecule has 0 saturated carbocycles. The molecule has 5 nitrogen and oxygen atoms in total. The summed E-state index contributed by atoms with van der Waals surface area (Å²) in [4.78, 5) is 0. The van der Waals surface area contributed by atoms with Gasteiger partial charge in [0.1, 0.15) is 6.10 Å². The molecule has 0 aromatic heterocycles. The van der Waals surface area contributed by atoms with Crippen LogP contribution in [0.15, 0.2) is 0 Å². The van der Waals surface area contributed by atoms with Gasteiger partial charge in [0.05, 0.1) is 12.7 Å². The first-order valence-corrected chi connectivity index (χ1v) is 4.27. The number of aliphatic hydroxyl groups is 3. The fraction of sp³-hybridized carbons (Fsp3) is 1.00. The highest BCUT2D eigenvalue weighted by atomic mass is 16.7. The van der Waals surface area contributed by atoms with Crippen molar-refractivity contribution in [3.8, 4) is 0 Å². The van der Waals surface area contributed by atoms with Gasteiger partial charge in [0, 0.05) is 6.42 Å². The summed E-state index contributed by atoms with van der Waals surface area (Å²) in [7, 11) is 0. The van der Waals surface area contributed by atoms with Gasteiger partial charge in [-0.1, -0.05) is 0 Å². The smallest absolute Gasteiger partial charge is 0.160 e. The van der Waals surface area contributed by atoms with Gasteiger partial charge >= 0.3 is 0 Å². The van der Waals surface area contributed by atoms with Crippen molar-refractivity contribution in [3.05, 3.63) is 0 Å². The zero-order valence-corrected chi connectivity index (χ0v) is 7.80. The van der Waals surface area contributed by atoms with E-state index in [1.807, 2.05) is 0 Å². The zero-order chi connectivity index (χ0) is 10.1. The minimum absolute atomic E-state index is 0.224. The Morgan fingerprint density at radius 3 is 2.62 bits per heavy atom. The van der Waals surface area contributed by atoms with Crippen molar-refractivity contribution in [2.45, 2.75) is 44.6 Å². The van der Waals surface area contributed by atoms with Crippen LogP contribution >= 0.6 is 0 Å². The van der Waals surface area contributed by atoms with Crippen LogP contribution in [0, 0.1) is 0 Å². The van der Waals surface area contributed by atoms with Crippen molar-refractivity contribution < 1.29 is 24.8 Å². The molecule has 1 rings (SSSR count). The normalized spacial score (nSPS) is 35.3. The second kappa shape index (κ2) is 3.89. The summed E-state index contributed by atoms with van der Waals surface area (Å²) in [6.45, 7) is 2.76. The number of rotatable bonds is 3. The van der Waals surface area contributed by atoms with Gasteiger partial charge in [-0.15, -0.1) is 0 Å². The maximum Gasteiger partial charge on any atom is 0.160 e. The molecule has 0 bridgehead atoms. The predicted molar refractivity (Wildman–Crippen MR) is 43.8 cm³/mol. The Bertz CT molecular complexity index is 164. The molecule has 1 aliphatic heterocycles. The lowest BCUT2D eigenvalue weighted by atomic mass is 10.2. The Morgan fingerprint density at radius 1 is 1.54 bits per heavy atom. The van der Waals surface area contributed by atoms with Crippen molar-refractivity contribution in [1.29, 1.82) is 0 Å². The van der Waals surface area contributed by atoms with E-state index < -0.39 is 24.3 Å². The van der Waals surface area contributed by atoms with Crippen LogP contribution in [-0.2, 0) is 9.47 Å². The quantitative estimate of drug-likeness (QED) is 0.510. The third-order valence-electron chi connectivity index (χ3n) is 1.80. The van der Waals surface area contributed by atoms with Crippen molar-refractivity contribution in [1.82, 2.24) is 0 Å². The Labute approximate surface area is 76.9 Å². The van der Waals surface area contributed by atoms with Gasteiger partial charge in [-0.05, 0) is 13.8 Å². The molecule has 0 aliphatic carbocycles. The molecule has 0 spiro atoms. The highest BCUT2D eigenvalue weighted by Crippen LogP contribution is 2.24. The minimum Gasteiger partial charge on any atom is -0.394 e. The third kappa shape index (κ3) is 3.21. The second-order valence-electron chi connectivity index (χ2n) is 3.65. The lowest BCUT2D eigenvalue weighted by molar-refractivity contribution is -0.217. The molecule has 5 heteroatoms. The number of hydrogen-bond acceptors (Lipinski definition) is 5. The summed E-state index contributed by atoms with van der Waals surface area (Å²) in [5, 5.41) is 27.3. The van der Waals surface area contributed by atoms with Gasteiger partial charge in [-0.25, -0.2) is 0 Å². The molecule has 1 heterocycles. The van der Waals surface area contributed by atoms with Crippen LogP contribution in [0.4, 0.5) is 0 Å². The molecule has 78 valence electrons. The first-order chi connectivity index (χ1) is 5.92. The van der Waals surface area contributed by atoms with Crippen LogP contribution in [0.1, 0.15) is 20.3 Å². The summed E-state index contributed by atoms with van der Waals surface area (Å²) in [6, 6.07) is 0. The van der Waals surface area contributed by atoms with Gasteiger partial charge in [0.15, 0.2) is 12.1 Å². The van der Waals surface area contributed by atoms with E-state index in [1.54, 1.807) is 0 Å². The average Bonchev–Trinajstić information content (AvgIpc) is 2.27. The molecule has 13 heavy (non-hydrogen) atoms. The summed E-state index contributed by atoms with van der Waals surface area (Å²) < 4.78 is 10.1. The van der Waals surface area contributed by atoms with Crippen LogP contribution in [0.5, 0.6) is 0 Å². The third-order valence-corrected chi connectivity index (χ3v) is 1.80. The summed E-state index contributed by atoms with van der Waals surface area (Å²) in [5.74, 6) is -1.27. The van der Waals surface area contributed by atoms with Gasteiger partial charge in [-0.3, -0.25) is 0 Å². The molecule has 0 amide bonds. The molecule has 2 unspecified atom stereocenters. The first-order valence-electron chi connectivity index (χ1n) is 4.27. The molecule has 1 saturated heterocycles. The first kappa shape index (κ1) is 10.9. The topological polar surface area (TPSA) is 79.2 Å². The molecule has 0 aromatic carbocycles. The Morgan fingerprint density at radius 2 is 2.15 bits per heavy atom. The number of aliphatic hydroxyl groups excluding tert-OH is 2. The lowest BCUT2D eigenvalue weighted by Gasteiger charge is -2.25. The molecule has 0 aromatic rings. The van der Waals surface area contributed by atoms with Gasteiger partial charge in [-0.2, -0.15) is 0 Å². The van der Waals surface area contributed by atoms with E-state index in [0.29, 0.717) is 0 Å². The van der Waals surface area contributed by atoms with Gasteiger partial charge in [0.25, 0.3) is 0 Å². The van der Waals surface area contributed by atoms with E-state index in [-0.39, 0.29) is 13.0 Å². The minimum atomic E-state index is -1.27. The van der Waals surface area contributed by atoms with Crippen LogP contribution in [0.3, 0.4) is 0 Å². The Kier molecular flexibility index (Phi) is 3.26. The van der Waals surface area contributed by atoms with Gasteiger partial charge < -0.3 is 24.8 Å². The maximum absolute atomic E-state index is 9.34. The number of ether oxygens (including phenoxy) is 2. The Balaban J connectivity index is 2.49. The molecule has 1 fully saturated rings. The van der Waals surface area contributed by atoms with Crippen molar-refractivity contribution in [3.63, 3.8) is 0 Å². The highest BCUT2D eigenvalue weighted by molar-refractivity contribution is 4.79. The largest absolute Gasteiger partial charge is 0.394 e. The summed E-state index contributed by atoms with van der Waals surface area (Å²) >= 11 is 0. The average molecular weight is 192 g/mol. The molecular formula is C8H16O5. The SMILES string of the molecule is CC(C)(O)O[C@H]1CC(O)OC1CO. The molecule has 3 atom stereocenters. The lowest BCUT2D eigenvalue weighted by Crippen LogP contribution is -2.36. The standard InChI is InChI=1S/C8H16O5/c1-8(2,11)13-5-3-7(10)12-6(5)4-9/h5-7,9-11H,3-4H2,1-2H3/t5-,6?,7?/m0/s1. The predicted octanol–water partition coefficient (Wildman–Crippen LogP) is -0.800. The molecule has 3 N–H and O–H groups in total. The monoisotopic (exact) mass is 192 g/mol.